The molecule has 16 heavy (non-hydrogen) atoms. The second kappa shape index (κ2) is 6.26. The summed E-state index contributed by atoms with van der Waals surface area (Å²) in [5.41, 5.74) is 2.55. The standard InChI is InChI=1S/C10H17N3O3/c1-13(4-6-15-2)7-9-8(3-5-16-9)10(14)12-11/h3,5H,4,6-7,11H2,1-2H3,(H,12,14). The van der Waals surface area contributed by atoms with Crippen molar-refractivity contribution in [3.05, 3.63) is 23.7 Å². The number of nitrogens with one attached hydrogen (secondary N) is 1. The van der Waals surface area contributed by atoms with Crippen LogP contribution in [0.25, 0.3) is 0 Å². The highest BCUT2D eigenvalue weighted by Crippen LogP contribution is 2.12. The van der Waals surface area contributed by atoms with Crippen LogP contribution in [-0.2, 0) is 11.3 Å². The van der Waals surface area contributed by atoms with Gasteiger partial charge in [0.1, 0.15) is 5.76 Å². The van der Waals surface area contributed by atoms with Crippen molar-refractivity contribution >= 4 is 5.91 Å². The van der Waals surface area contributed by atoms with E-state index in [2.05, 4.69) is 5.43 Å². The summed E-state index contributed by atoms with van der Waals surface area (Å²) in [6, 6.07) is 1.60. The number of amides is 1. The molecule has 0 radical (unpaired) electrons. The predicted octanol–water partition coefficient (Wildman–Crippen LogP) is -0.0387. The van der Waals surface area contributed by atoms with E-state index in [1.54, 1.807) is 13.2 Å². The number of nitrogens with zero attached hydrogens (tertiary/aromatic N) is 1. The zero-order chi connectivity index (χ0) is 12.0. The van der Waals surface area contributed by atoms with Gasteiger partial charge in [0.25, 0.3) is 5.91 Å². The van der Waals surface area contributed by atoms with Gasteiger partial charge in [0.15, 0.2) is 0 Å². The van der Waals surface area contributed by atoms with E-state index in [0.29, 0.717) is 24.5 Å². The molecule has 1 rings (SSSR count). The van der Waals surface area contributed by atoms with Crippen molar-refractivity contribution < 1.29 is 13.9 Å². The van der Waals surface area contributed by atoms with Gasteiger partial charge in [0, 0.05) is 13.7 Å². The van der Waals surface area contributed by atoms with Crippen molar-refractivity contribution in [1.29, 1.82) is 0 Å². The number of nitrogens with two attached hydrogens (primary N) is 1. The van der Waals surface area contributed by atoms with E-state index >= 15 is 0 Å². The number of rotatable bonds is 6. The number of ether oxygens (including phenoxy) is 1. The molecule has 3 N–H and O–H groups in total. The number of carbonyl (C=O) groups is 1. The molecular weight excluding hydrogens is 210 g/mol. The molecule has 1 aromatic rings. The summed E-state index contributed by atoms with van der Waals surface area (Å²) in [5.74, 6) is 5.32. The van der Waals surface area contributed by atoms with Gasteiger partial charge in [0.2, 0.25) is 0 Å². The van der Waals surface area contributed by atoms with Crippen LogP contribution >= 0.6 is 0 Å². The maximum atomic E-state index is 11.4. The van der Waals surface area contributed by atoms with Crippen LogP contribution in [0.1, 0.15) is 16.1 Å². The first kappa shape index (κ1) is 12.7. The topological polar surface area (TPSA) is 80.7 Å². The van der Waals surface area contributed by atoms with Crippen molar-refractivity contribution in [2.45, 2.75) is 6.54 Å². The number of furan rings is 1. The summed E-state index contributed by atoms with van der Waals surface area (Å²) in [6.45, 7) is 1.94. The minimum Gasteiger partial charge on any atom is -0.467 e. The van der Waals surface area contributed by atoms with Crippen LogP contribution < -0.4 is 11.3 Å². The number of hydrazine groups is 1. The van der Waals surface area contributed by atoms with Gasteiger partial charge in [0.05, 0.1) is 25.0 Å². The average molecular weight is 227 g/mol. The smallest absolute Gasteiger partial charge is 0.268 e. The third kappa shape index (κ3) is 3.34. The molecule has 0 aliphatic heterocycles. The molecule has 0 saturated carbocycles. The van der Waals surface area contributed by atoms with Gasteiger partial charge in [-0.05, 0) is 13.1 Å². The average Bonchev–Trinajstić information content (AvgIpc) is 2.73. The zero-order valence-corrected chi connectivity index (χ0v) is 9.53. The Morgan fingerprint density at radius 1 is 1.69 bits per heavy atom. The van der Waals surface area contributed by atoms with Gasteiger partial charge >= 0.3 is 0 Å². The molecule has 0 aliphatic rings. The second-order valence-corrected chi connectivity index (χ2v) is 3.46. The molecule has 0 saturated heterocycles. The number of hydrogen-bond acceptors (Lipinski definition) is 5. The SMILES string of the molecule is COCCN(C)Cc1occc1C(=O)NN. The largest absolute Gasteiger partial charge is 0.467 e. The Morgan fingerprint density at radius 2 is 2.44 bits per heavy atom. The van der Waals surface area contributed by atoms with E-state index < -0.39 is 0 Å². The summed E-state index contributed by atoms with van der Waals surface area (Å²) < 4.78 is 10.2. The van der Waals surface area contributed by atoms with E-state index in [0.717, 1.165) is 6.54 Å². The molecular formula is C10H17N3O3. The van der Waals surface area contributed by atoms with E-state index in [4.69, 9.17) is 15.0 Å². The fourth-order valence-corrected chi connectivity index (χ4v) is 1.31. The zero-order valence-electron chi connectivity index (χ0n) is 9.53. The molecule has 0 aliphatic carbocycles. The maximum absolute atomic E-state index is 11.4. The number of carbonyl (C=O) groups excluding carboxylic acids is 1. The molecule has 0 fully saturated rings. The Balaban J connectivity index is 2.59. The van der Waals surface area contributed by atoms with E-state index in [1.165, 1.54) is 6.26 Å². The first-order valence-electron chi connectivity index (χ1n) is 4.93. The molecule has 1 amide bonds. The number of nitrogen functional groups attached to an aromatic ring is 1. The van der Waals surface area contributed by atoms with Crippen molar-refractivity contribution in [2.75, 3.05) is 27.3 Å². The Bertz CT molecular complexity index is 338. The number of hydrogen-bond donors (Lipinski definition) is 2. The molecule has 90 valence electrons. The Labute approximate surface area is 94.3 Å². The van der Waals surface area contributed by atoms with Gasteiger partial charge in [-0.15, -0.1) is 0 Å². The summed E-state index contributed by atoms with van der Waals surface area (Å²) >= 11 is 0. The van der Waals surface area contributed by atoms with Crippen LogP contribution in [0.5, 0.6) is 0 Å². The van der Waals surface area contributed by atoms with Gasteiger partial charge in [-0.3, -0.25) is 15.1 Å². The Hall–Kier alpha value is -1.37. The monoisotopic (exact) mass is 227 g/mol. The van der Waals surface area contributed by atoms with E-state index in [-0.39, 0.29) is 5.91 Å². The molecule has 0 atom stereocenters. The van der Waals surface area contributed by atoms with Crippen LogP contribution in [0.15, 0.2) is 16.7 Å². The van der Waals surface area contributed by atoms with Crippen molar-refractivity contribution in [2.24, 2.45) is 5.84 Å². The highest BCUT2D eigenvalue weighted by Gasteiger charge is 2.14. The Kier molecular flexibility index (Phi) is 4.97. The minimum absolute atomic E-state index is 0.344. The second-order valence-electron chi connectivity index (χ2n) is 3.46. The lowest BCUT2D eigenvalue weighted by Gasteiger charge is -2.14. The third-order valence-corrected chi connectivity index (χ3v) is 2.21. The summed E-state index contributed by atoms with van der Waals surface area (Å²) in [4.78, 5) is 13.3. The van der Waals surface area contributed by atoms with Gasteiger partial charge in [-0.25, -0.2) is 5.84 Å². The van der Waals surface area contributed by atoms with Crippen LogP contribution in [0.2, 0.25) is 0 Å². The molecule has 1 heterocycles. The fourth-order valence-electron chi connectivity index (χ4n) is 1.31. The third-order valence-electron chi connectivity index (χ3n) is 2.21. The molecule has 0 bridgehead atoms. The van der Waals surface area contributed by atoms with Gasteiger partial charge in [-0.1, -0.05) is 0 Å². The molecule has 0 spiro atoms. The fraction of sp³-hybridized carbons (Fsp3) is 0.500. The van der Waals surface area contributed by atoms with Crippen LogP contribution in [0, 0.1) is 0 Å². The summed E-state index contributed by atoms with van der Waals surface area (Å²) in [7, 11) is 3.57. The summed E-state index contributed by atoms with van der Waals surface area (Å²) in [5, 5.41) is 0. The van der Waals surface area contributed by atoms with Crippen molar-refractivity contribution in [3.63, 3.8) is 0 Å². The highest BCUT2D eigenvalue weighted by molar-refractivity contribution is 5.94. The van der Waals surface area contributed by atoms with E-state index in [1.807, 2.05) is 11.9 Å². The normalized spacial score (nSPS) is 10.8. The molecule has 0 unspecified atom stereocenters. The molecule has 1 aromatic heterocycles. The highest BCUT2D eigenvalue weighted by atomic mass is 16.5. The van der Waals surface area contributed by atoms with Crippen LogP contribution in [0.4, 0.5) is 0 Å². The lowest BCUT2D eigenvalue weighted by Crippen LogP contribution is -2.31. The first-order valence-corrected chi connectivity index (χ1v) is 4.93. The van der Waals surface area contributed by atoms with Crippen molar-refractivity contribution in [3.8, 4) is 0 Å². The quantitative estimate of drug-likeness (QED) is 0.405. The van der Waals surface area contributed by atoms with Gasteiger partial charge in [-0.2, -0.15) is 0 Å². The van der Waals surface area contributed by atoms with Crippen LogP contribution in [-0.4, -0.2) is 38.1 Å². The summed E-state index contributed by atoms with van der Waals surface area (Å²) in [6.07, 6.45) is 1.48. The maximum Gasteiger partial charge on any atom is 0.268 e. The Morgan fingerprint density at radius 3 is 3.06 bits per heavy atom. The first-order chi connectivity index (χ1) is 7.69. The lowest BCUT2D eigenvalue weighted by molar-refractivity contribution is 0.0949. The van der Waals surface area contributed by atoms with E-state index in [9.17, 15) is 4.79 Å². The molecule has 0 aromatic carbocycles. The lowest BCUT2D eigenvalue weighted by atomic mass is 10.2. The minimum atomic E-state index is -0.344. The predicted molar refractivity (Wildman–Crippen MR) is 58.6 cm³/mol. The number of methoxy groups -OCH3 is 1. The van der Waals surface area contributed by atoms with Gasteiger partial charge < -0.3 is 9.15 Å². The molecule has 6 nitrogen and oxygen atoms in total. The van der Waals surface area contributed by atoms with Crippen LogP contribution in [0.3, 0.4) is 0 Å². The van der Waals surface area contributed by atoms with Crippen molar-refractivity contribution in [1.82, 2.24) is 10.3 Å². The molecule has 6 heteroatoms. The number of likely N-dealkylation sites (N-methyl/N-ethyl adjacent to an activating group) is 1.